The summed E-state index contributed by atoms with van der Waals surface area (Å²) in [6.45, 7) is 2.88. The first-order chi connectivity index (χ1) is 12.7. The number of hydrogen-bond donors (Lipinski definition) is 2. The van der Waals surface area contributed by atoms with Gasteiger partial charge in [-0.3, -0.25) is 4.79 Å². The summed E-state index contributed by atoms with van der Waals surface area (Å²) in [7, 11) is 0. The molecule has 2 fully saturated rings. The predicted molar refractivity (Wildman–Crippen MR) is 93.4 cm³/mol. The molecule has 3 heterocycles. The molecule has 1 unspecified atom stereocenters. The van der Waals surface area contributed by atoms with Crippen molar-refractivity contribution < 1.29 is 18.3 Å². The van der Waals surface area contributed by atoms with Gasteiger partial charge in [-0.1, -0.05) is 0 Å². The molecule has 27 heavy (non-hydrogen) atoms. The van der Waals surface area contributed by atoms with E-state index in [2.05, 4.69) is 9.97 Å². The molecular weight excluding hydrogens is 359 g/mol. The third-order valence-corrected chi connectivity index (χ3v) is 5.76. The fraction of sp³-hybridized carbons (Fsp3) is 0.474. The second-order valence-corrected chi connectivity index (χ2v) is 7.79. The van der Waals surface area contributed by atoms with Gasteiger partial charge in [-0.25, -0.2) is 4.98 Å². The van der Waals surface area contributed by atoms with Crippen LogP contribution < -0.4 is 10.3 Å². The Hall–Kier alpha value is -2.35. The lowest BCUT2D eigenvalue weighted by Crippen LogP contribution is -2.63. The number of aromatic nitrogens is 2. The molecule has 1 saturated heterocycles. The third-order valence-electron chi connectivity index (χ3n) is 5.76. The molecule has 1 spiro atoms. The number of rotatable bonds is 3. The van der Waals surface area contributed by atoms with Gasteiger partial charge in [0.15, 0.2) is 5.43 Å². The van der Waals surface area contributed by atoms with Gasteiger partial charge in [0.25, 0.3) is 0 Å². The molecule has 0 aromatic carbocycles. The average Bonchev–Trinajstić information content (AvgIpc) is 2.51. The minimum atomic E-state index is -4.44. The van der Waals surface area contributed by atoms with Crippen molar-refractivity contribution in [3.05, 3.63) is 57.8 Å². The van der Waals surface area contributed by atoms with Gasteiger partial charge in [-0.05, 0) is 37.3 Å². The molecule has 1 aliphatic heterocycles. The highest BCUT2D eigenvalue weighted by Gasteiger charge is 2.54. The van der Waals surface area contributed by atoms with Crippen LogP contribution in [0.15, 0.2) is 35.5 Å². The SMILES string of the molecule is Cc1cc(N2CC3(CC(C(O)c4c[nH]ccc4=O)C3)C2)cnc1C(F)(F)F. The molecule has 4 rings (SSSR count). The lowest BCUT2D eigenvalue weighted by Gasteiger charge is -2.60. The van der Waals surface area contributed by atoms with Crippen LogP contribution in [0.1, 0.15) is 35.8 Å². The van der Waals surface area contributed by atoms with Crippen molar-refractivity contribution in [2.75, 3.05) is 18.0 Å². The fourth-order valence-corrected chi connectivity index (χ4v) is 4.42. The molecule has 0 bridgehead atoms. The second-order valence-electron chi connectivity index (χ2n) is 7.79. The number of aromatic amines is 1. The van der Waals surface area contributed by atoms with Gasteiger partial charge in [-0.15, -0.1) is 0 Å². The van der Waals surface area contributed by atoms with Crippen molar-refractivity contribution in [1.29, 1.82) is 0 Å². The summed E-state index contributed by atoms with van der Waals surface area (Å²) < 4.78 is 38.5. The Labute approximate surface area is 153 Å². The molecule has 144 valence electrons. The number of anilines is 1. The summed E-state index contributed by atoms with van der Waals surface area (Å²) in [5.41, 5.74) is 0.242. The van der Waals surface area contributed by atoms with Crippen LogP contribution in [0, 0.1) is 18.3 Å². The second kappa shape index (κ2) is 6.09. The number of alkyl halides is 3. The Morgan fingerprint density at radius 2 is 2.07 bits per heavy atom. The molecule has 8 heteroatoms. The van der Waals surface area contributed by atoms with E-state index in [-0.39, 0.29) is 22.3 Å². The summed E-state index contributed by atoms with van der Waals surface area (Å²) in [6.07, 6.45) is 0.720. The van der Waals surface area contributed by atoms with Crippen LogP contribution in [0.25, 0.3) is 0 Å². The smallest absolute Gasteiger partial charge is 0.388 e. The van der Waals surface area contributed by atoms with E-state index in [0.29, 0.717) is 11.3 Å². The lowest BCUT2D eigenvalue weighted by molar-refractivity contribution is -0.141. The Kier molecular flexibility index (Phi) is 4.06. The number of aryl methyl sites for hydroxylation is 1. The van der Waals surface area contributed by atoms with Crippen LogP contribution in [-0.2, 0) is 6.18 Å². The van der Waals surface area contributed by atoms with E-state index in [1.54, 1.807) is 6.20 Å². The number of H-pyrrole nitrogens is 1. The zero-order valence-corrected chi connectivity index (χ0v) is 14.8. The van der Waals surface area contributed by atoms with E-state index in [9.17, 15) is 23.1 Å². The van der Waals surface area contributed by atoms with Crippen LogP contribution >= 0.6 is 0 Å². The number of nitrogens with one attached hydrogen (secondary N) is 1. The van der Waals surface area contributed by atoms with Gasteiger partial charge >= 0.3 is 6.18 Å². The van der Waals surface area contributed by atoms with Crippen molar-refractivity contribution in [1.82, 2.24) is 9.97 Å². The number of halogens is 3. The Morgan fingerprint density at radius 3 is 2.67 bits per heavy atom. The van der Waals surface area contributed by atoms with Crippen LogP contribution in [0.4, 0.5) is 18.9 Å². The Bertz CT molecular complexity index is 911. The number of pyridine rings is 2. The number of aliphatic hydroxyl groups is 1. The average molecular weight is 379 g/mol. The molecule has 0 radical (unpaired) electrons. The topological polar surface area (TPSA) is 69.2 Å². The maximum Gasteiger partial charge on any atom is 0.433 e. The van der Waals surface area contributed by atoms with Crippen molar-refractivity contribution >= 4 is 5.69 Å². The number of aliphatic hydroxyl groups excluding tert-OH is 1. The minimum absolute atomic E-state index is 0.0307. The molecule has 2 aromatic rings. The van der Waals surface area contributed by atoms with E-state index in [0.717, 1.165) is 25.9 Å². The van der Waals surface area contributed by atoms with Gasteiger partial charge in [-0.2, -0.15) is 13.2 Å². The molecule has 2 aromatic heterocycles. The Morgan fingerprint density at radius 1 is 1.37 bits per heavy atom. The first kappa shape index (κ1) is 18.0. The number of nitrogens with zero attached hydrogens (tertiary/aromatic N) is 2. The van der Waals surface area contributed by atoms with E-state index in [1.807, 2.05) is 4.90 Å². The molecule has 5 nitrogen and oxygen atoms in total. The lowest BCUT2D eigenvalue weighted by atomic mass is 9.56. The first-order valence-electron chi connectivity index (χ1n) is 8.82. The van der Waals surface area contributed by atoms with E-state index in [1.165, 1.54) is 31.5 Å². The monoisotopic (exact) mass is 379 g/mol. The normalized spacial score (nSPS) is 20.3. The van der Waals surface area contributed by atoms with E-state index in [4.69, 9.17) is 0 Å². The molecule has 0 amide bonds. The van der Waals surface area contributed by atoms with Crippen molar-refractivity contribution in [3.63, 3.8) is 0 Å². The van der Waals surface area contributed by atoms with Crippen LogP contribution in [-0.4, -0.2) is 28.2 Å². The standard InChI is InChI=1S/C19H20F3N3O2/c1-11-4-13(7-24-17(11)19(20,21)22)25-9-18(10-25)5-12(6-18)16(27)14-8-23-3-2-15(14)26/h2-4,7-8,12,16,27H,5-6,9-10H2,1H3,(H,23,26). The summed E-state index contributed by atoms with van der Waals surface area (Å²) >= 11 is 0. The maximum atomic E-state index is 12.8. The van der Waals surface area contributed by atoms with Crippen LogP contribution in [0.3, 0.4) is 0 Å². The van der Waals surface area contributed by atoms with Gasteiger partial charge in [0.05, 0.1) is 18.0 Å². The Balaban J connectivity index is 1.38. The fourth-order valence-electron chi connectivity index (χ4n) is 4.42. The summed E-state index contributed by atoms with van der Waals surface area (Å²) in [6, 6.07) is 2.93. The molecule has 2 aliphatic rings. The van der Waals surface area contributed by atoms with E-state index >= 15 is 0 Å². The molecule has 1 aliphatic carbocycles. The van der Waals surface area contributed by atoms with Gasteiger partial charge in [0.1, 0.15) is 5.69 Å². The zero-order chi connectivity index (χ0) is 19.4. The molecule has 1 saturated carbocycles. The quantitative estimate of drug-likeness (QED) is 0.860. The molecular formula is C19H20F3N3O2. The highest BCUT2D eigenvalue weighted by Crippen LogP contribution is 2.56. The predicted octanol–water partition coefficient (Wildman–Crippen LogP) is 3.05. The van der Waals surface area contributed by atoms with Crippen molar-refractivity contribution in [2.45, 2.75) is 32.0 Å². The van der Waals surface area contributed by atoms with Crippen molar-refractivity contribution in [3.8, 4) is 0 Å². The third kappa shape index (κ3) is 3.12. The van der Waals surface area contributed by atoms with Gasteiger partial charge in [0, 0.05) is 42.5 Å². The van der Waals surface area contributed by atoms with Crippen molar-refractivity contribution in [2.24, 2.45) is 11.3 Å². The summed E-state index contributed by atoms with van der Waals surface area (Å²) in [5.74, 6) is 0.0307. The van der Waals surface area contributed by atoms with Gasteiger partial charge < -0.3 is 15.0 Å². The van der Waals surface area contributed by atoms with Gasteiger partial charge in [0.2, 0.25) is 0 Å². The zero-order valence-electron chi connectivity index (χ0n) is 14.8. The summed E-state index contributed by atoms with van der Waals surface area (Å²) in [5, 5.41) is 10.4. The first-order valence-corrected chi connectivity index (χ1v) is 8.82. The highest BCUT2D eigenvalue weighted by atomic mass is 19.4. The molecule has 2 N–H and O–H groups in total. The van der Waals surface area contributed by atoms with E-state index < -0.39 is 18.0 Å². The largest absolute Gasteiger partial charge is 0.433 e. The van der Waals surface area contributed by atoms with Crippen LogP contribution in [0.2, 0.25) is 0 Å². The molecule has 1 atom stereocenters. The van der Waals surface area contributed by atoms with Crippen LogP contribution in [0.5, 0.6) is 0 Å². The minimum Gasteiger partial charge on any atom is -0.388 e. The maximum absolute atomic E-state index is 12.8. The number of hydrogen-bond acceptors (Lipinski definition) is 4. The summed E-state index contributed by atoms with van der Waals surface area (Å²) in [4.78, 5) is 20.3. The highest BCUT2D eigenvalue weighted by molar-refractivity contribution is 5.51.